The van der Waals surface area contributed by atoms with Crippen molar-refractivity contribution in [2.24, 2.45) is 0 Å². The predicted molar refractivity (Wildman–Crippen MR) is 73.7 cm³/mol. The van der Waals surface area contributed by atoms with Crippen LogP contribution in [0.3, 0.4) is 0 Å². The summed E-state index contributed by atoms with van der Waals surface area (Å²) in [5.74, 6) is -1.52. The van der Waals surface area contributed by atoms with Gasteiger partial charge >= 0.3 is 5.97 Å². The van der Waals surface area contributed by atoms with E-state index >= 15 is 0 Å². The van der Waals surface area contributed by atoms with E-state index in [1.807, 2.05) is 30.3 Å². The molecule has 1 aromatic carbocycles. The Kier molecular flexibility index (Phi) is 4.44. The second-order valence-electron chi connectivity index (χ2n) is 4.20. The summed E-state index contributed by atoms with van der Waals surface area (Å²) in [5, 5.41) is 11.5. The molecule has 0 spiro atoms. The zero-order valence-electron chi connectivity index (χ0n) is 10.7. The van der Waals surface area contributed by atoms with Gasteiger partial charge in [-0.15, -0.1) is 0 Å². The van der Waals surface area contributed by atoms with E-state index in [1.54, 1.807) is 0 Å². The van der Waals surface area contributed by atoms with Gasteiger partial charge in [0.1, 0.15) is 11.4 Å². The minimum Gasteiger partial charge on any atom is -0.477 e. The van der Waals surface area contributed by atoms with Crippen LogP contribution in [-0.4, -0.2) is 28.5 Å². The molecule has 0 bridgehead atoms. The summed E-state index contributed by atoms with van der Waals surface area (Å²) in [4.78, 5) is 26.4. The average Bonchev–Trinajstić information content (AvgIpc) is 2.48. The number of hydrogen-bond donors (Lipinski definition) is 2. The molecular formula is C15H14N2O3. The molecule has 0 unspecified atom stereocenters. The van der Waals surface area contributed by atoms with Crippen molar-refractivity contribution >= 4 is 11.9 Å². The maximum Gasteiger partial charge on any atom is 0.354 e. The molecule has 2 rings (SSSR count). The van der Waals surface area contributed by atoms with E-state index < -0.39 is 5.97 Å². The van der Waals surface area contributed by atoms with Crippen LogP contribution in [-0.2, 0) is 6.42 Å². The third kappa shape index (κ3) is 3.65. The molecule has 0 fully saturated rings. The van der Waals surface area contributed by atoms with E-state index in [0.29, 0.717) is 13.0 Å². The van der Waals surface area contributed by atoms with Gasteiger partial charge in [-0.1, -0.05) is 36.4 Å². The average molecular weight is 270 g/mol. The lowest BCUT2D eigenvalue weighted by Gasteiger charge is -2.05. The minimum atomic E-state index is -1.15. The van der Waals surface area contributed by atoms with E-state index in [4.69, 9.17) is 5.11 Å². The van der Waals surface area contributed by atoms with Crippen LogP contribution >= 0.6 is 0 Å². The highest BCUT2D eigenvalue weighted by atomic mass is 16.4. The molecule has 5 nitrogen and oxygen atoms in total. The highest BCUT2D eigenvalue weighted by molar-refractivity contribution is 5.94. The number of benzene rings is 1. The molecule has 0 aliphatic rings. The first-order valence-electron chi connectivity index (χ1n) is 6.19. The van der Waals surface area contributed by atoms with Gasteiger partial charge in [0.15, 0.2) is 0 Å². The molecular weight excluding hydrogens is 256 g/mol. The van der Waals surface area contributed by atoms with Gasteiger partial charge in [0.05, 0.1) is 0 Å². The zero-order chi connectivity index (χ0) is 14.4. The van der Waals surface area contributed by atoms with Crippen LogP contribution in [0, 0.1) is 0 Å². The zero-order valence-corrected chi connectivity index (χ0v) is 10.7. The molecule has 0 saturated carbocycles. The number of nitrogens with one attached hydrogen (secondary N) is 1. The molecule has 102 valence electrons. The first-order chi connectivity index (χ1) is 9.66. The predicted octanol–water partition coefficient (Wildman–Crippen LogP) is 1.75. The molecule has 0 aliphatic carbocycles. The standard InChI is InChI=1S/C15H14N2O3/c18-14(12-7-4-8-13(17-12)15(19)20)16-10-9-11-5-2-1-3-6-11/h1-8H,9-10H2,(H,16,18)(H,19,20). The molecule has 2 N–H and O–H groups in total. The van der Waals surface area contributed by atoms with E-state index in [9.17, 15) is 9.59 Å². The monoisotopic (exact) mass is 270 g/mol. The highest BCUT2D eigenvalue weighted by Gasteiger charge is 2.10. The summed E-state index contributed by atoms with van der Waals surface area (Å²) in [7, 11) is 0. The number of carbonyl (C=O) groups is 2. The van der Waals surface area contributed by atoms with Crippen LogP contribution < -0.4 is 5.32 Å². The quantitative estimate of drug-likeness (QED) is 0.867. The van der Waals surface area contributed by atoms with E-state index in [2.05, 4.69) is 10.3 Å². The minimum absolute atomic E-state index is 0.109. The van der Waals surface area contributed by atoms with Gasteiger partial charge in [0.25, 0.3) is 5.91 Å². The smallest absolute Gasteiger partial charge is 0.354 e. The number of nitrogens with zero attached hydrogens (tertiary/aromatic N) is 1. The number of aromatic carboxylic acids is 1. The number of hydrogen-bond acceptors (Lipinski definition) is 3. The summed E-state index contributed by atoms with van der Waals surface area (Å²) in [6, 6.07) is 14.1. The molecule has 20 heavy (non-hydrogen) atoms. The topological polar surface area (TPSA) is 79.3 Å². The number of amides is 1. The molecule has 0 aliphatic heterocycles. The number of aromatic nitrogens is 1. The van der Waals surface area contributed by atoms with Gasteiger partial charge < -0.3 is 10.4 Å². The van der Waals surface area contributed by atoms with Crippen LogP contribution in [0.2, 0.25) is 0 Å². The van der Waals surface area contributed by atoms with E-state index in [0.717, 1.165) is 5.56 Å². The van der Waals surface area contributed by atoms with Crippen molar-refractivity contribution in [2.75, 3.05) is 6.54 Å². The van der Waals surface area contributed by atoms with E-state index in [1.165, 1.54) is 18.2 Å². The van der Waals surface area contributed by atoms with Crippen LogP contribution in [0.1, 0.15) is 26.5 Å². The van der Waals surface area contributed by atoms with Gasteiger partial charge in [-0.05, 0) is 24.1 Å². The lowest BCUT2D eigenvalue weighted by atomic mass is 10.1. The Labute approximate surface area is 116 Å². The second-order valence-corrected chi connectivity index (χ2v) is 4.20. The van der Waals surface area contributed by atoms with Crippen LogP contribution in [0.15, 0.2) is 48.5 Å². The molecule has 1 aromatic heterocycles. The van der Waals surface area contributed by atoms with Crippen molar-refractivity contribution in [3.8, 4) is 0 Å². The lowest BCUT2D eigenvalue weighted by molar-refractivity contribution is 0.0690. The fourth-order valence-electron chi connectivity index (χ4n) is 1.74. The Morgan fingerprint density at radius 3 is 2.40 bits per heavy atom. The van der Waals surface area contributed by atoms with Crippen LogP contribution in [0.5, 0.6) is 0 Å². The molecule has 0 saturated heterocycles. The highest BCUT2D eigenvalue weighted by Crippen LogP contribution is 2.01. The Morgan fingerprint density at radius 1 is 1.00 bits per heavy atom. The summed E-state index contributed by atoms with van der Waals surface area (Å²) >= 11 is 0. The normalized spacial score (nSPS) is 10.0. The molecule has 0 radical (unpaired) electrons. The molecule has 1 heterocycles. The van der Waals surface area contributed by atoms with Crippen molar-refractivity contribution in [3.05, 3.63) is 65.5 Å². The summed E-state index contributed by atoms with van der Waals surface area (Å²) in [5.41, 5.74) is 1.10. The van der Waals surface area contributed by atoms with E-state index in [-0.39, 0.29) is 17.3 Å². The number of carboxylic acids is 1. The molecule has 0 atom stereocenters. The van der Waals surface area contributed by atoms with Crippen LogP contribution in [0.4, 0.5) is 0 Å². The third-order valence-electron chi connectivity index (χ3n) is 2.74. The van der Waals surface area contributed by atoms with Gasteiger partial charge in [0, 0.05) is 6.54 Å². The van der Waals surface area contributed by atoms with Crippen LogP contribution in [0.25, 0.3) is 0 Å². The van der Waals surface area contributed by atoms with Gasteiger partial charge in [-0.3, -0.25) is 4.79 Å². The lowest BCUT2D eigenvalue weighted by Crippen LogP contribution is -2.27. The summed E-state index contributed by atoms with van der Waals surface area (Å²) < 4.78 is 0. The number of carbonyl (C=O) groups excluding carboxylic acids is 1. The Balaban J connectivity index is 1.92. The number of rotatable bonds is 5. The number of carboxylic acid groups (broad SMARTS) is 1. The van der Waals surface area contributed by atoms with Crippen molar-refractivity contribution in [3.63, 3.8) is 0 Å². The van der Waals surface area contributed by atoms with Crippen molar-refractivity contribution in [1.82, 2.24) is 10.3 Å². The third-order valence-corrected chi connectivity index (χ3v) is 2.74. The van der Waals surface area contributed by atoms with Crippen molar-refractivity contribution < 1.29 is 14.7 Å². The first-order valence-corrected chi connectivity index (χ1v) is 6.19. The Bertz CT molecular complexity index is 612. The first kappa shape index (κ1) is 13.7. The maximum atomic E-state index is 11.8. The second kappa shape index (κ2) is 6.47. The fourth-order valence-corrected chi connectivity index (χ4v) is 1.74. The van der Waals surface area contributed by atoms with Gasteiger partial charge in [-0.2, -0.15) is 0 Å². The maximum absolute atomic E-state index is 11.8. The molecule has 1 amide bonds. The molecule has 2 aromatic rings. The summed E-state index contributed by atoms with van der Waals surface area (Å²) in [6.07, 6.45) is 0.713. The number of pyridine rings is 1. The van der Waals surface area contributed by atoms with Gasteiger partial charge in [-0.25, -0.2) is 9.78 Å². The SMILES string of the molecule is O=C(O)c1cccc(C(=O)NCCc2ccccc2)n1. The fraction of sp³-hybridized carbons (Fsp3) is 0.133. The Hall–Kier alpha value is -2.69. The Morgan fingerprint density at radius 2 is 1.70 bits per heavy atom. The van der Waals surface area contributed by atoms with Crippen molar-refractivity contribution in [2.45, 2.75) is 6.42 Å². The van der Waals surface area contributed by atoms with Gasteiger partial charge in [0.2, 0.25) is 0 Å². The summed E-state index contributed by atoms with van der Waals surface area (Å²) in [6.45, 7) is 0.474. The largest absolute Gasteiger partial charge is 0.477 e. The molecule has 5 heteroatoms. The van der Waals surface area contributed by atoms with Crippen molar-refractivity contribution in [1.29, 1.82) is 0 Å².